The number of rotatable bonds is 8. The molecule has 0 atom stereocenters. The van der Waals surface area contributed by atoms with Gasteiger partial charge in [-0.15, -0.1) is 0 Å². The lowest BCUT2D eigenvalue weighted by Gasteiger charge is -2.39. The van der Waals surface area contributed by atoms with Crippen molar-refractivity contribution in [3.05, 3.63) is 35.4 Å². The van der Waals surface area contributed by atoms with E-state index in [1.807, 2.05) is 0 Å². The van der Waals surface area contributed by atoms with Gasteiger partial charge in [-0.25, -0.2) is 0 Å². The van der Waals surface area contributed by atoms with Crippen LogP contribution < -0.4 is 10.6 Å². The molecule has 0 aromatic heterocycles. The van der Waals surface area contributed by atoms with Crippen LogP contribution in [0.2, 0.25) is 0 Å². The zero-order valence-corrected chi connectivity index (χ0v) is 15.7. The molecule has 2 rings (SSSR count). The Morgan fingerprint density at radius 2 is 1.88 bits per heavy atom. The van der Waals surface area contributed by atoms with Gasteiger partial charge >= 0.3 is 0 Å². The summed E-state index contributed by atoms with van der Waals surface area (Å²) in [5.41, 5.74) is 3.32. The van der Waals surface area contributed by atoms with Crippen LogP contribution in [0.3, 0.4) is 0 Å². The van der Waals surface area contributed by atoms with Crippen LogP contribution in [0, 0.1) is 5.41 Å². The minimum absolute atomic E-state index is 0.118. The Hall–Kier alpha value is -1.35. The van der Waals surface area contributed by atoms with Crippen molar-refractivity contribution in [2.45, 2.75) is 71.3 Å². The summed E-state index contributed by atoms with van der Waals surface area (Å²) in [5, 5.41) is 6.60. The van der Waals surface area contributed by atoms with Gasteiger partial charge in [0.1, 0.15) is 0 Å². The molecule has 3 nitrogen and oxygen atoms in total. The molecule has 1 aliphatic carbocycles. The Morgan fingerprint density at radius 3 is 2.54 bits per heavy atom. The number of nitrogens with one attached hydrogen (secondary N) is 2. The maximum atomic E-state index is 10.4. The van der Waals surface area contributed by atoms with Crippen molar-refractivity contribution >= 4 is 6.41 Å². The van der Waals surface area contributed by atoms with Gasteiger partial charge in [-0.05, 0) is 48.8 Å². The first-order valence-corrected chi connectivity index (χ1v) is 9.47. The minimum Gasteiger partial charge on any atom is -0.359 e. The van der Waals surface area contributed by atoms with Crippen LogP contribution in [0.25, 0.3) is 0 Å². The summed E-state index contributed by atoms with van der Waals surface area (Å²) >= 11 is 0. The van der Waals surface area contributed by atoms with Crippen molar-refractivity contribution in [3.63, 3.8) is 0 Å². The second-order valence-electron chi connectivity index (χ2n) is 8.43. The summed E-state index contributed by atoms with van der Waals surface area (Å²) in [4.78, 5) is 10.4. The van der Waals surface area contributed by atoms with Crippen LogP contribution in [-0.2, 0) is 16.8 Å². The smallest absolute Gasteiger partial charge is 0.207 e. The predicted molar refractivity (Wildman–Crippen MR) is 101 cm³/mol. The molecule has 1 aromatic rings. The molecule has 134 valence electrons. The molecule has 2 N–H and O–H groups in total. The largest absolute Gasteiger partial charge is 0.359 e. The number of benzene rings is 1. The van der Waals surface area contributed by atoms with Crippen molar-refractivity contribution in [1.82, 2.24) is 10.6 Å². The zero-order valence-electron chi connectivity index (χ0n) is 15.7. The summed E-state index contributed by atoms with van der Waals surface area (Å²) < 4.78 is 0. The van der Waals surface area contributed by atoms with E-state index in [2.05, 4.69) is 55.7 Å². The number of carbonyl (C=O) groups is 1. The maximum Gasteiger partial charge on any atom is 0.207 e. The fourth-order valence-electron chi connectivity index (χ4n) is 3.89. The third-order valence-electron chi connectivity index (χ3n) is 4.97. The third kappa shape index (κ3) is 5.62. The van der Waals surface area contributed by atoms with Crippen LogP contribution in [0.1, 0.15) is 70.4 Å². The molecular weight excluding hydrogens is 296 g/mol. The van der Waals surface area contributed by atoms with Crippen molar-refractivity contribution in [3.8, 4) is 0 Å². The molecule has 0 aliphatic heterocycles. The Labute approximate surface area is 147 Å². The van der Waals surface area contributed by atoms with Crippen LogP contribution in [0.15, 0.2) is 24.3 Å². The van der Waals surface area contributed by atoms with Crippen LogP contribution in [0.4, 0.5) is 0 Å². The topological polar surface area (TPSA) is 41.1 Å². The molecule has 1 saturated carbocycles. The van der Waals surface area contributed by atoms with Gasteiger partial charge in [0.2, 0.25) is 6.41 Å². The molecule has 0 spiro atoms. The van der Waals surface area contributed by atoms with E-state index >= 15 is 0 Å². The lowest BCUT2D eigenvalue weighted by atomic mass is 9.75. The summed E-state index contributed by atoms with van der Waals surface area (Å²) in [5.74, 6) is 0. The molecule has 1 aromatic carbocycles. The lowest BCUT2D eigenvalue weighted by Crippen LogP contribution is -2.45. The molecule has 0 saturated heterocycles. The van der Waals surface area contributed by atoms with Crippen molar-refractivity contribution in [2.24, 2.45) is 5.41 Å². The van der Waals surface area contributed by atoms with Gasteiger partial charge in [-0.1, -0.05) is 64.3 Å². The Balaban J connectivity index is 2.11. The van der Waals surface area contributed by atoms with Crippen molar-refractivity contribution in [2.75, 3.05) is 13.1 Å². The highest BCUT2D eigenvalue weighted by atomic mass is 16.1. The first kappa shape index (κ1) is 19.0. The second-order valence-corrected chi connectivity index (χ2v) is 8.43. The molecule has 0 bridgehead atoms. The molecule has 0 heterocycles. The van der Waals surface area contributed by atoms with Gasteiger partial charge in [0, 0.05) is 12.1 Å². The van der Waals surface area contributed by atoms with Crippen LogP contribution >= 0.6 is 0 Å². The summed E-state index contributed by atoms with van der Waals surface area (Å²) in [6.45, 7) is 8.60. The Morgan fingerprint density at radius 1 is 1.12 bits per heavy atom. The van der Waals surface area contributed by atoms with E-state index in [0.717, 1.165) is 32.3 Å². The third-order valence-corrected chi connectivity index (χ3v) is 4.97. The predicted octanol–water partition coefficient (Wildman–Crippen LogP) is 4.16. The van der Waals surface area contributed by atoms with Gasteiger partial charge in [0.15, 0.2) is 0 Å². The van der Waals surface area contributed by atoms with Gasteiger partial charge < -0.3 is 10.6 Å². The van der Waals surface area contributed by atoms with E-state index in [9.17, 15) is 4.79 Å². The molecule has 1 aliphatic rings. The van der Waals surface area contributed by atoms with E-state index < -0.39 is 0 Å². The summed E-state index contributed by atoms with van der Waals surface area (Å²) in [6.07, 6.45) is 9.23. The van der Waals surface area contributed by atoms with Gasteiger partial charge in [-0.2, -0.15) is 0 Å². The highest BCUT2D eigenvalue weighted by molar-refractivity contribution is 5.45. The van der Waals surface area contributed by atoms with E-state index in [0.29, 0.717) is 5.41 Å². The molecule has 0 radical (unpaired) electrons. The fourth-order valence-corrected chi connectivity index (χ4v) is 3.89. The Bertz CT molecular complexity index is 513. The van der Waals surface area contributed by atoms with Gasteiger partial charge in [0.05, 0.1) is 0 Å². The number of carbonyl (C=O) groups excluding carboxylic acids is 1. The van der Waals surface area contributed by atoms with Gasteiger partial charge in [0.25, 0.3) is 0 Å². The highest BCUT2D eigenvalue weighted by Gasteiger charge is 2.33. The summed E-state index contributed by atoms with van der Waals surface area (Å²) in [7, 11) is 0. The minimum atomic E-state index is 0.118. The monoisotopic (exact) mass is 330 g/mol. The molecular formula is C21H34N2O. The molecule has 1 amide bonds. The van der Waals surface area contributed by atoms with Crippen molar-refractivity contribution in [1.29, 1.82) is 0 Å². The van der Waals surface area contributed by atoms with Crippen molar-refractivity contribution < 1.29 is 4.79 Å². The van der Waals surface area contributed by atoms with Crippen LogP contribution in [-0.4, -0.2) is 19.5 Å². The Kier molecular flexibility index (Phi) is 6.85. The highest BCUT2D eigenvalue weighted by Crippen LogP contribution is 2.38. The standard InChI is InChI=1S/C21H34N2O/c1-20(2,3)16-18-9-7-10-19(15-18)21(11-5-4-6-12-21)23-14-8-13-22-17-24/h7,9-10,15,17,23H,4-6,8,11-14,16H2,1-3H3,(H,22,24). The normalized spacial score (nSPS) is 17.5. The first-order valence-electron chi connectivity index (χ1n) is 9.47. The average molecular weight is 331 g/mol. The molecule has 0 unspecified atom stereocenters. The maximum absolute atomic E-state index is 10.4. The second kappa shape index (κ2) is 8.66. The van der Waals surface area contributed by atoms with E-state index in [4.69, 9.17) is 0 Å². The average Bonchev–Trinajstić information content (AvgIpc) is 2.54. The zero-order chi connectivity index (χ0) is 17.5. The first-order chi connectivity index (χ1) is 11.5. The number of amides is 1. The lowest BCUT2D eigenvalue weighted by molar-refractivity contribution is -0.109. The van der Waals surface area contributed by atoms with E-state index in [1.54, 1.807) is 0 Å². The number of hydrogen-bond acceptors (Lipinski definition) is 2. The van der Waals surface area contributed by atoms with E-state index in [-0.39, 0.29) is 5.54 Å². The number of hydrogen-bond donors (Lipinski definition) is 2. The fraction of sp³-hybridized carbons (Fsp3) is 0.667. The molecule has 24 heavy (non-hydrogen) atoms. The quantitative estimate of drug-likeness (QED) is 0.555. The summed E-state index contributed by atoms with van der Waals surface area (Å²) in [6, 6.07) is 9.21. The molecule has 3 heteroatoms. The van der Waals surface area contributed by atoms with E-state index in [1.165, 1.54) is 43.2 Å². The SMILES string of the molecule is CC(C)(C)Cc1cccc(C2(NCCCNC=O)CCCCC2)c1. The molecule has 1 fully saturated rings. The van der Waals surface area contributed by atoms with Gasteiger partial charge in [-0.3, -0.25) is 4.79 Å². The van der Waals surface area contributed by atoms with Crippen LogP contribution in [0.5, 0.6) is 0 Å².